The minimum absolute atomic E-state index is 0.0727. The molecule has 3 rings (SSSR count). The maximum absolute atomic E-state index is 6.08. The number of nitrogens with two attached hydrogens (primary N) is 1. The Balaban J connectivity index is 1.99. The van der Waals surface area contributed by atoms with Gasteiger partial charge in [0.2, 0.25) is 0 Å². The normalized spacial score (nSPS) is 12.5. The van der Waals surface area contributed by atoms with Crippen LogP contribution in [0, 0.1) is 0 Å². The molecule has 0 amide bonds. The van der Waals surface area contributed by atoms with Crippen molar-refractivity contribution >= 4 is 33.7 Å². The molecular weight excluding hydrogens is 302 g/mol. The van der Waals surface area contributed by atoms with Gasteiger partial charge >= 0.3 is 0 Å². The van der Waals surface area contributed by atoms with Crippen LogP contribution in [0.3, 0.4) is 0 Å². The summed E-state index contributed by atoms with van der Waals surface area (Å²) in [5.74, 6) is 0.868. The average Bonchev–Trinajstić information content (AvgIpc) is 2.90. The molecular formula is C17H16ClNOS. The van der Waals surface area contributed by atoms with Crippen LogP contribution in [0.2, 0.25) is 4.34 Å². The van der Waals surface area contributed by atoms with Gasteiger partial charge in [0.1, 0.15) is 12.4 Å². The molecule has 0 radical (unpaired) electrons. The molecule has 2 aromatic carbocycles. The molecule has 2 nitrogen and oxygen atoms in total. The summed E-state index contributed by atoms with van der Waals surface area (Å²) in [5.41, 5.74) is 7.10. The molecule has 0 aliphatic heterocycles. The van der Waals surface area contributed by atoms with Crippen molar-refractivity contribution in [2.75, 3.05) is 0 Å². The quantitative estimate of drug-likeness (QED) is 0.722. The van der Waals surface area contributed by atoms with Crippen LogP contribution in [-0.4, -0.2) is 0 Å². The lowest BCUT2D eigenvalue weighted by Gasteiger charge is -2.16. The Morgan fingerprint density at radius 3 is 2.67 bits per heavy atom. The summed E-state index contributed by atoms with van der Waals surface area (Å²) in [6.45, 7) is 2.48. The van der Waals surface area contributed by atoms with E-state index < -0.39 is 0 Å². The summed E-state index contributed by atoms with van der Waals surface area (Å²) < 4.78 is 6.86. The maximum Gasteiger partial charge on any atom is 0.132 e. The number of rotatable bonds is 4. The van der Waals surface area contributed by atoms with Gasteiger partial charge in [0, 0.05) is 21.9 Å². The minimum Gasteiger partial charge on any atom is -0.487 e. The van der Waals surface area contributed by atoms with Gasteiger partial charge in [-0.2, -0.15) is 0 Å². The Morgan fingerprint density at radius 2 is 1.95 bits per heavy atom. The molecule has 0 bridgehead atoms. The Hall–Kier alpha value is -1.55. The summed E-state index contributed by atoms with van der Waals surface area (Å²) in [7, 11) is 0. The fourth-order valence-electron chi connectivity index (χ4n) is 2.35. The highest BCUT2D eigenvalue weighted by atomic mass is 35.5. The van der Waals surface area contributed by atoms with E-state index in [0.717, 1.165) is 31.3 Å². The fraction of sp³-hybridized carbons (Fsp3) is 0.176. The van der Waals surface area contributed by atoms with Crippen molar-refractivity contribution in [3.8, 4) is 5.75 Å². The van der Waals surface area contributed by atoms with E-state index in [2.05, 4.69) is 18.2 Å². The molecule has 3 aromatic rings. The number of thiophene rings is 1. The second kappa shape index (κ2) is 6.06. The van der Waals surface area contributed by atoms with E-state index in [1.54, 1.807) is 0 Å². The topological polar surface area (TPSA) is 35.2 Å². The summed E-state index contributed by atoms with van der Waals surface area (Å²) in [6.07, 6.45) is 0. The zero-order chi connectivity index (χ0) is 14.8. The van der Waals surface area contributed by atoms with Gasteiger partial charge in [-0.25, -0.2) is 0 Å². The predicted molar refractivity (Wildman–Crippen MR) is 90.2 cm³/mol. The second-order valence-corrected chi connectivity index (χ2v) is 6.79. The van der Waals surface area contributed by atoms with Crippen LogP contribution in [0.4, 0.5) is 0 Å². The molecule has 0 saturated carbocycles. The number of ether oxygens (including phenoxy) is 1. The Kier molecular flexibility index (Phi) is 4.15. The zero-order valence-corrected chi connectivity index (χ0v) is 13.2. The third-order valence-electron chi connectivity index (χ3n) is 3.39. The molecule has 108 valence electrons. The lowest BCUT2D eigenvalue weighted by molar-refractivity contribution is 0.309. The molecule has 1 aromatic heterocycles. The van der Waals surface area contributed by atoms with Crippen molar-refractivity contribution in [2.24, 2.45) is 5.73 Å². The smallest absolute Gasteiger partial charge is 0.132 e. The van der Waals surface area contributed by atoms with Gasteiger partial charge in [0.25, 0.3) is 0 Å². The molecule has 2 N–H and O–H groups in total. The standard InChI is InChI=1S/C17H16ClNOS/c1-11(19)14-8-6-12-4-2-3-5-15(12)17(14)20-10-13-7-9-16(18)21-13/h2-9,11H,10,19H2,1H3. The molecule has 0 spiro atoms. The number of benzene rings is 2. The monoisotopic (exact) mass is 317 g/mol. The van der Waals surface area contributed by atoms with E-state index in [9.17, 15) is 0 Å². The molecule has 0 fully saturated rings. The van der Waals surface area contributed by atoms with Crippen molar-refractivity contribution < 1.29 is 4.74 Å². The highest BCUT2D eigenvalue weighted by Crippen LogP contribution is 2.34. The summed E-state index contributed by atoms with van der Waals surface area (Å²) in [6, 6.07) is 16.1. The van der Waals surface area contributed by atoms with Gasteiger partial charge in [-0.05, 0) is 24.4 Å². The van der Waals surface area contributed by atoms with E-state index >= 15 is 0 Å². The average molecular weight is 318 g/mol. The summed E-state index contributed by atoms with van der Waals surface area (Å²) >= 11 is 7.50. The largest absolute Gasteiger partial charge is 0.487 e. The molecule has 1 atom stereocenters. The molecule has 0 aliphatic carbocycles. The molecule has 1 heterocycles. The van der Waals surface area contributed by atoms with Gasteiger partial charge in [-0.1, -0.05) is 48.0 Å². The zero-order valence-electron chi connectivity index (χ0n) is 11.7. The third kappa shape index (κ3) is 3.05. The van der Waals surface area contributed by atoms with E-state index in [-0.39, 0.29) is 6.04 Å². The van der Waals surface area contributed by atoms with Crippen LogP contribution in [0.5, 0.6) is 5.75 Å². The van der Waals surface area contributed by atoms with Gasteiger partial charge in [-0.15, -0.1) is 11.3 Å². The fourth-order valence-corrected chi connectivity index (χ4v) is 3.35. The summed E-state index contributed by atoms with van der Waals surface area (Å²) in [4.78, 5) is 1.10. The molecule has 0 saturated heterocycles. The molecule has 0 aliphatic rings. The van der Waals surface area contributed by atoms with Gasteiger partial charge in [0.15, 0.2) is 0 Å². The maximum atomic E-state index is 6.08. The Labute approximate surface area is 133 Å². The number of hydrogen-bond acceptors (Lipinski definition) is 3. The lowest BCUT2D eigenvalue weighted by Crippen LogP contribution is -2.08. The highest BCUT2D eigenvalue weighted by molar-refractivity contribution is 7.16. The van der Waals surface area contributed by atoms with Crippen LogP contribution in [0.1, 0.15) is 23.4 Å². The molecule has 21 heavy (non-hydrogen) atoms. The number of hydrogen-bond donors (Lipinski definition) is 1. The number of fused-ring (bicyclic) bond motifs is 1. The van der Waals surface area contributed by atoms with Crippen molar-refractivity contribution in [2.45, 2.75) is 19.6 Å². The van der Waals surface area contributed by atoms with Crippen LogP contribution >= 0.6 is 22.9 Å². The molecule has 1 unspecified atom stereocenters. The van der Waals surface area contributed by atoms with E-state index in [0.29, 0.717) is 6.61 Å². The van der Waals surface area contributed by atoms with Crippen LogP contribution in [-0.2, 0) is 6.61 Å². The molecule has 4 heteroatoms. The van der Waals surface area contributed by atoms with Gasteiger partial charge in [0.05, 0.1) is 4.34 Å². The first kappa shape index (κ1) is 14.4. The van der Waals surface area contributed by atoms with E-state index in [4.69, 9.17) is 22.1 Å². The van der Waals surface area contributed by atoms with E-state index in [1.807, 2.05) is 37.3 Å². The highest BCUT2D eigenvalue weighted by Gasteiger charge is 2.12. The van der Waals surface area contributed by atoms with Crippen molar-refractivity contribution in [3.05, 3.63) is 63.3 Å². The lowest BCUT2D eigenvalue weighted by atomic mass is 10.0. The predicted octanol–water partition coefficient (Wildman–Crippen LogP) is 5.15. The van der Waals surface area contributed by atoms with Crippen LogP contribution < -0.4 is 10.5 Å². The minimum atomic E-state index is -0.0727. The first-order chi connectivity index (χ1) is 10.1. The van der Waals surface area contributed by atoms with E-state index in [1.165, 1.54) is 11.3 Å². The van der Waals surface area contributed by atoms with Crippen molar-refractivity contribution in [1.82, 2.24) is 0 Å². The van der Waals surface area contributed by atoms with Crippen molar-refractivity contribution in [3.63, 3.8) is 0 Å². The Bertz CT molecular complexity index is 766. The van der Waals surface area contributed by atoms with Gasteiger partial charge in [-0.3, -0.25) is 0 Å². The number of halogens is 1. The van der Waals surface area contributed by atoms with Crippen LogP contribution in [0.25, 0.3) is 10.8 Å². The summed E-state index contributed by atoms with van der Waals surface area (Å²) in [5, 5.41) is 2.25. The third-order valence-corrected chi connectivity index (χ3v) is 4.59. The Morgan fingerprint density at radius 1 is 1.14 bits per heavy atom. The van der Waals surface area contributed by atoms with Gasteiger partial charge < -0.3 is 10.5 Å². The SMILES string of the molecule is CC(N)c1ccc2ccccc2c1OCc1ccc(Cl)s1. The van der Waals surface area contributed by atoms with Crippen LogP contribution in [0.15, 0.2) is 48.5 Å². The first-order valence-electron chi connectivity index (χ1n) is 6.79. The second-order valence-electron chi connectivity index (χ2n) is 4.99. The van der Waals surface area contributed by atoms with Crippen molar-refractivity contribution in [1.29, 1.82) is 0 Å². The first-order valence-corrected chi connectivity index (χ1v) is 7.99.